The van der Waals surface area contributed by atoms with Gasteiger partial charge >= 0.3 is 0 Å². The quantitative estimate of drug-likeness (QED) is 0.329. The largest absolute Gasteiger partial charge is 0.325 e. The van der Waals surface area contributed by atoms with Crippen molar-refractivity contribution < 1.29 is 9.59 Å². The van der Waals surface area contributed by atoms with Gasteiger partial charge in [-0.05, 0) is 49.4 Å². The van der Waals surface area contributed by atoms with Crippen molar-refractivity contribution in [2.24, 2.45) is 0 Å². The molecule has 0 atom stereocenters. The van der Waals surface area contributed by atoms with Crippen molar-refractivity contribution in [3.63, 3.8) is 0 Å². The lowest BCUT2D eigenvalue weighted by molar-refractivity contribution is -0.113. The monoisotopic (exact) mass is 467 g/mol. The molecule has 0 fully saturated rings. The highest BCUT2D eigenvalue weighted by atomic mass is 35.5. The first-order chi connectivity index (χ1) is 15.0. The zero-order valence-corrected chi connectivity index (χ0v) is 18.9. The van der Waals surface area contributed by atoms with Crippen molar-refractivity contribution in [3.8, 4) is 0 Å². The molecule has 31 heavy (non-hydrogen) atoms. The molecule has 0 bridgehead atoms. The highest BCUT2D eigenvalue weighted by molar-refractivity contribution is 8.01. The third-order valence-electron chi connectivity index (χ3n) is 4.41. The number of anilines is 2. The number of fused-ring (bicyclic) bond motifs is 1. The number of carbonyl (C=O) groups excluding carboxylic acids is 2. The number of carbonyl (C=O) groups is 2. The van der Waals surface area contributed by atoms with Crippen LogP contribution in [0.4, 0.5) is 11.4 Å². The minimum Gasteiger partial charge on any atom is -0.325 e. The first-order valence-corrected chi connectivity index (χ1v) is 11.6. The van der Waals surface area contributed by atoms with Crippen LogP contribution < -0.4 is 10.6 Å². The number of nitrogens with one attached hydrogen (secondary N) is 2. The summed E-state index contributed by atoms with van der Waals surface area (Å²) in [7, 11) is 0. The number of aromatic nitrogens is 1. The Hall–Kier alpha value is -2.87. The van der Waals surface area contributed by atoms with Gasteiger partial charge < -0.3 is 10.6 Å². The predicted octanol–water partition coefficient (Wildman–Crippen LogP) is 6.24. The van der Waals surface area contributed by atoms with Crippen molar-refractivity contribution in [1.29, 1.82) is 0 Å². The smallest absolute Gasteiger partial charge is 0.257 e. The molecule has 4 rings (SSSR count). The molecular weight excluding hydrogens is 450 g/mol. The van der Waals surface area contributed by atoms with Gasteiger partial charge in [0.15, 0.2) is 4.34 Å². The van der Waals surface area contributed by atoms with Gasteiger partial charge in [-0.3, -0.25) is 9.59 Å². The molecule has 0 unspecified atom stereocenters. The summed E-state index contributed by atoms with van der Waals surface area (Å²) in [6, 6.07) is 20.1. The van der Waals surface area contributed by atoms with Crippen LogP contribution in [0, 0.1) is 6.92 Å². The summed E-state index contributed by atoms with van der Waals surface area (Å²) in [6.07, 6.45) is 0. The summed E-state index contributed by atoms with van der Waals surface area (Å²) < 4.78 is 1.72. The molecule has 4 aromatic rings. The van der Waals surface area contributed by atoms with Gasteiger partial charge in [0, 0.05) is 11.4 Å². The molecule has 0 aliphatic rings. The van der Waals surface area contributed by atoms with Crippen LogP contribution in [-0.2, 0) is 4.79 Å². The highest BCUT2D eigenvalue weighted by Crippen LogP contribution is 2.31. The Balaban J connectivity index is 1.39. The van der Waals surface area contributed by atoms with Crippen LogP contribution in [0.5, 0.6) is 0 Å². The van der Waals surface area contributed by atoms with Gasteiger partial charge in [0.2, 0.25) is 5.91 Å². The molecule has 2 amide bonds. The molecule has 0 aliphatic carbocycles. The van der Waals surface area contributed by atoms with E-state index in [1.807, 2.05) is 43.3 Å². The minimum atomic E-state index is -0.267. The number of halogens is 1. The van der Waals surface area contributed by atoms with E-state index < -0.39 is 0 Å². The molecule has 0 aliphatic heterocycles. The Labute approximate surface area is 192 Å². The molecule has 5 nitrogen and oxygen atoms in total. The van der Waals surface area contributed by atoms with Crippen LogP contribution in [0.3, 0.4) is 0 Å². The maximum atomic E-state index is 12.5. The molecule has 2 N–H and O–H groups in total. The number of thioether (sulfide) groups is 1. The molecular formula is C23H18ClN3O2S2. The topological polar surface area (TPSA) is 71.1 Å². The maximum absolute atomic E-state index is 12.5. The summed E-state index contributed by atoms with van der Waals surface area (Å²) in [5.41, 5.74) is 3.82. The van der Waals surface area contributed by atoms with Crippen LogP contribution in [0.25, 0.3) is 10.2 Å². The van der Waals surface area contributed by atoms with Crippen molar-refractivity contribution in [1.82, 2.24) is 4.98 Å². The second-order valence-electron chi connectivity index (χ2n) is 6.80. The van der Waals surface area contributed by atoms with Crippen LogP contribution in [-0.4, -0.2) is 22.6 Å². The Kier molecular flexibility index (Phi) is 6.56. The zero-order valence-electron chi connectivity index (χ0n) is 16.5. The molecule has 0 radical (unpaired) electrons. The third-order valence-corrected chi connectivity index (χ3v) is 6.90. The molecule has 156 valence electrons. The van der Waals surface area contributed by atoms with Gasteiger partial charge in [-0.25, -0.2) is 4.98 Å². The zero-order chi connectivity index (χ0) is 21.8. The summed E-state index contributed by atoms with van der Waals surface area (Å²) in [5, 5.41) is 6.15. The van der Waals surface area contributed by atoms with E-state index in [0.29, 0.717) is 16.3 Å². The number of amides is 2. The lowest BCUT2D eigenvalue weighted by Crippen LogP contribution is -2.13. The summed E-state index contributed by atoms with van der Waals surface area (Å²) in [4.78, 5) is 29.2. The van der Waals surface area contributed by atoms with Crippen molar-refractivity contribution >= 4 is 68.1 Å². The number of rotatable bonds is 6. The number of benzene rings is 3. The van der Waals surface area contributed by atoms with Gasteiger partial charge in [0.1, 0.15) is 0 Å². The van der Waals surface area contributed by atoms with Gasteiger partial charge in [-0.2, -0.15) is 0 Å². The van der Waals surface area contributed by atoms with E-state index in [-0.39, 0.29) is 17.6 Å². The summed E-state index contributed by atoms with van der Waals surface area (Å²) >= 11 is 8.97. The minimum absolute atomic E-state index is 0.0826. The average molecular weight is 468 g/mol. The van der Waals surface area contributed by atoms with E-state index in [2.05, 4.69) is 15.6 Å². The van der Waals surface area contributed by atoms with Gasteiger partial charge in [0.25, 0.3) is 5.91 Å². The van der Waals surface area contributed by atoms with E-state index in [1.54, 1.807) is 30.3 Å². The highest BCUT2D eigenvalue weighted by Gasteiger charge is 2.12. The number of aryl methyl sites for hydroxylation is 1. The number of hydrogen-bond donors (Lipinski definition) is 2. The van der Waals surface area contributed by atoms with Crippen LogP contribution >= 0.6 is 34.7 Å². The standard InChI is InChI=1S/C23H18ClN3O2S2/c1-14-6-8-15(9-7-14)25-21(28)13-30-23-27-19-11-10-16(12-20(19)31-23)26-22(29)17-4-2-3-5-18(17)24/h2-12H,13H2,1H3,(H,25,28)(H,26,29). The fraction of sp³-hybridized carbons (Fsp3) is 0.0870. The summed E-state index contributed by atoms with van der Waals surface area (Å²) in [5.74, 6) is -0.0817. The Bertz CT molecular complexity index is 1260. The fourth-order valence-corrected chi connectivity index (χ4v) is 4.98. The van der Waals surface area contributed by atoms with Gasteiger partial charge in [-0.15, -0.1) is 11.3 Å². The summed E-state index contributed by atoms with van der Waals surface area (Å²) in [6.45, 7) is 2.00. The van der Waals surface area contributed by atoms with Gasteiger partial charge in [0.05, 0.1) is 26.6 Å². The van der Waals surface area contributed by atoms with E-state index in [9.17, 15) is 9.59 Å². The Morgan fingerprint density at radius 1 is 1.00 bits per heavy atom. The van der Waals surface area contributed by atoms with Crippen molar-refractivity contribution in [3.05, 3.63) is 82.9 Å². The fourth-order valence-electron chi connectivity index (χ4n) is 2.85. The molecule has 3 aromatic carbocycles. The van der Waals surface area contributed by atoms with E-state index in [4.69, 9.17) is 11.6 Å². The number of hydrogen-bond acceptors (Lipinski definition) is 5. The molecule has 0 saturated heterocycles. The van der Waals surface area contributed by atoms with Gasteiger partial charge in [-0.1, -0.05) is 53.2 Å². The van der Waals surface area contributed by atoms with Crippen LogP contribution in [0.2, 0.25) is 5.02 Å². The molecule has 8 heteroatoms. The van der Waals surface area contributed by atoms with Crippen LogP contribution in [0.15, 0.2) is 71.1 Å². The molecule has 1 aromatic heterocycles. The molecule has 0 saturated carbocycles. The Morgan fingerprint density at radius 2 is 1.74 bits per heavy atom. The maximum Gasteiger partial charge on any atom is 0.257 e. The number of nitrogens with zero attached hydrogens (tertiary/aromatic N) is 1. The first-order valence-electron chi connectivity index (χ1n) is 9.44. The Morgan fingerprint density at radius 3 is 2.52 bits per heavy atom. The van der Waals surface area contributed by atoms with E-state index in [0.717, 1.165) is 25.8 Å². The third kappa shape index (κ3) is 5.44. The average Bonchev–Trinajstić information content (AvgIpc) is 3.16. The predicted molar refractivity (Wildman–Crippen MR) is 130 cm³/mol. The second-order valence-corrected chi connectivity index (χ2v) is 9.46. The number of thiazole rings is 1. The van der Waals surface area contributed by atoms with E-state index in [1.165, 1.54) is 23.1 Å². The first kappa shape index (κ1) is 21.4. The lowest BCUT2D eigenvalue weighted by atomic mass is 10.2. The van der Waals surface area contributed by atoms with Crippen molar-refractivity contribution in [2.75, 3.05) is 16.4 Å². The van der Waals surface area contributed by atoms with Crippen LogP contribution in [0.1, 0.15) is 15.9 Å². The molecule has 1 heterocycles. The van der Waals surface area contributed by atoms with Crippen molar-refractivity contribution in [2.45, 2.75) is 11.3 Å². The molecule has 0 spiro atoms. The normalized spacial score (nSPS) is 10.8. The van der Waals surface area contributed by atoms with E-state index >= 15 is 0 Å². The lowest BCUT2D eigenvalue weighted by Gasteiger charge is -2.06. The SMILES string of the molecule is Cc1ccc(NC(=O)CSc2nc3ccc(NC(=O)c4ccccc4Cl)cc3s2)cc1. The second kappa shape index (κ2) is 9.51.